The van der Waals surface area contributed by atoms with Crippen molar-refractivity contribution in [3.8, 4) is 0 Å². The summed E-state index contributed by atoms with van der Waals surface area (Å²) >= 11 is 0. The van der Waals surface area contributed by atoms with Crippen LogP contribution in [0.1, 0.15) is 50.3 Å². The van der Waals surface area contributed by atoms with Crippen molar-refractivity contribution in [2.75, 3.05) is 25.0 Å². The SMILES string of the molecule is Cc1cc(C(C)(C)C)cc(C)c1N(C)CCCCN. The quantitative estimate of drug-likeness (QED) is 0.818. The van der Waals surface area contributed by atoms with E-state index in [-0.39, 0.29) is 5.41 Å². The number of anilines is 1. The van der Waals surface area contributed by atoms with Crippen molar-refractivity contribution in [2.24, 2.45) is 5.73 Å². The van der Waals surface area contributed by atoms with E-state index in [0.717, 1.165) is 25.9 Å². The van der Waals surface area contributed by atoms with Crippen molar-refractivity contribution in [1.29, 1.82) is 0 Å². The molecule has 0 heterocycles. The van der Waals surface area contributed by atoms with E-state index in [0.29, 0.717) is 0 Å². The molecule has 2 heteroatoms. The largest absolute Gasteiger partial charge is 0.374 e. The van der Waals surface area contributed by atoms with Crippen LogP contribution in [0.25, 0.3) is 0 Å². The minimum atomic E-state index is 0.214. The number of aryl methyl sites for hydroxylation is 2. The van der Waals surface area contributed by atoms with E-state index in [1.54, 1.807) is 0 Å². The van der Waals surface area contributed by atoms with Gasteiger partial charge in [-0.05, 0) is 55.3 Å². The van der Waals surface area contributed by atoms with Crippen LogP contribution in [0.3, 0.4) is 0 Å². The zero-order chi connectivity index (χ0) is 14.6. The molecule has 0 unspecified atom stereocenters. The van der Waals surface area contributed by atoms with E-state index in [2.05, 4.69) is 58.7 Å². The van der Waals surface area contributed by atoms with Crippen LogP contribution in [0, 0.1) is 13.8 Å². The Hall–Kier alpha value is -1.02. The molecule has 19 heavy (non-hydrogen) atoms. The Morgan fingerprint density at radius 1 is 1.05 bits per heavy atom. The third-order valence-corrected chi connectivity index (χ3v) is 3.69. The molecule has 0 atom stereocenters. The molecule has 2 N–H and O–H groups in total. The molecule has 0 aliphatic carbocycles. The van der Waals surface area contributed by atoms with Gasteiger partial charge in [-0.15, -0.1) is 0 Å². The van der Waals surface area contributed by atoms with Gasteiger partial charge in [0.25, 0.3) is 0 Å². The molecule has 0 aliphatic heterocycles. The summed E-state index contributed by atoms with van der Waals surface area (Å²) in [5.74, 6) is 0. The second kappa shape index (κ2) is 6.42. The van der Waals surface area contributed by atoms with Gasteiger partial charge in [0.2, 0.25) is 0 Å². The molecule has 0 fully saturated rings. The van der Waals surface area contributed by atoms with Gasteiger partial charge >= 0.3 is 0 Å². The van der Waals surface area contributed by atoms with E-state index in [1.165, 1.54) is 22.4 Å². The second-order valence-electron chi connectivity index (χ2n) is 6.63. The van der Waals surface area contributed by atoms with Gasteiger partial charge < -0.3 is 10.6 Å². The maximum Gasteiger partial charge on any atom is 0.0423 e. The summed E-state index contributed by atoms with van der Waals surface area (Å²) in [5.41, 5.74) is 11.3. The standard InChI is InChI=1S/C17H30N2/c1-13-11-15(17(3,4)5)12-14(2)16(13)19(6)10-8-7-9-18/h11-12H,7-10,18H2,1-6H3. The molecule has 0 aromatic heterocycles. The van der Waals surface area contributed by atoms with E-state index in [4.69, 9.17) is 5.73 Å². The first kappa shape index (κ1) is 16.0. The van der Waals surface area contributed by atoms with Crippen molar-refractivity contribution < 1.29 is 0 Å². The van der Waals surface area contributed by atoms with Crippen molar-refractivity contribution in [1.82, 2.24) is 0 Å². The average Bonchev–Trinajstić information content (AvgIpc) is 2.27. The maximum atomic E-state index is 5.56. The van der Waals surface area contributed by atoms with Crippen LogP contribution in [0.5, 0.6) is 0 Å². The van der Waals surface area contributed by atoms with Gasteiger partial charge in [0.05, 0.1) is 0 Å². The minimum Gasteiger partial charge on any atom is -0.374 e. The number of hydrogen-bond donors (Lipinski definition) is 1. The van der Waals surface area contributed by atoms with Gasteiger partial charge in [-0.2, -0.15) is 0 Å². The number of unbranched alkanes of at least 4 members (excludes halogenated alkanes) is 1. The number of hydrogen-bond acceptors (Lipinski definition) is 2. The lowest BCUT2D eigenvalue weighted by Gasteiger charge is -2.27. The number of benzene rings is 1. The molecule has 0 bridgehead atoms. The molecule has 0 spiro atoms. The van der Waals surface area contributed by atoms with E-state index in [9.17, 15) is 0 Å². The smallest absolute Gasteiger partial charge is 0.0423 e. The fraction of sp³-hybridized carbons (Fsp3) is 0.647. The van der Waals surface area contributed by atoms with E-state index < -0.39 is 0 Å². The first-order valence-electron chi connectivity index (χ1n) is 7.30. The summed E-state index contributed by atoms with van der Waals surface area (Å²) in [6.07, 6.45) is 2.26. The third-order valence-electron chi connectivity index (χ3n) is 3.69. The van der Waals surface area contributed by atoms with E-state index in [1.807, 2.05) is 0 Å². The number of nitrogens with two attached hydrogens (primary N) is 1. The normalized spacial score (nSPS) is 11.7. The highest BCUT2D eigenvalue weighted by molar-refractivity contribution is 5.60. The first-order valence-corrected chi connectivity index (χ1v) is 7.30. The second-order valence-corrected chi connectivity index (χ2v) is 6.63. The van der Waals surface area contributed by atoms with Crippen LogP contribution < -0.4 is 10.6 Å². The minimum absolute atomic E-state index is 0.214. The fourth-order valence-corrected chi connectivity index (χ4v) is 2.60. The lowest BCUT2D eigenvalue weighted by atomic mass is 9.84. The van der Waals surface area contributed by atoms with Crippen LogP contribution in [0.4, 0.5) is 5.69 Å². The van der Waals surface area contributed by atoms with Crippen LogP contribution in [-0.4, -0.2) is 20.1 Å². The zero-order valence-electron chi connectivity index (χ0n) is 13.5. The monoisotopic (exact) mass is 262 g/mol. The molecule has 0 saturated heterocycles. The van der Waals surface area contributed by atoms with Gasteiger partial charge in [-0.1, -0.05) is 32.9 Å². The maximum absolute atomic E-state index is 5.56. The zero-order valence-corrected chi connectivity index (χ0v) is 13.5. The summed E-state index contributed by atoms with van der Waals surface area (Å²) in [7, 11) is 2.18. The molecule has 1 aromatic carbocycles. The number of nitrogens with zero attached hydrogens (tertiary/aromatic N) is 1. The summed E-state index contributed by atoms with van der Waals surface area (Å²) in [4.78, 5) is 2.37. The highest BCUT2D eigenvalue weighted by Gasteiger charge is 2.17. The van der Waals surface area contributed by atoms with Gasteiger partial charge in [-0.3, -0.25) is 0 Å². The Bertz CT molecular complexity index is 393. The van der Waals surface area contributed by atoms with Crippen molar-refractivity contribution in [2.45, 2.75) is 52.9 Å². The molecule has 108 valence electrons. The van der Waals surface area contributed by atoms with Crippen LogP contribution in [0.2, 0.25) is 0 Å². The molecular weight excluding hydrogens is 232 g/mol. The lowest BCUT2D eigenvalue weighted by molar-refractivity contribution is 0.589. The Labute approximate surface area is 119 Å². The van der Waals surface area contributed by atoms with Crippen LogP contribution in [-0.2, 0) is 5.41 Å². The van der Waals surface area contributed by atoms with Crippen molar-refractivity contribution in [3.05, 3.63) is 28.8 Å². The average molecular weight is 262 g/mol. The summed E-state index contributed by atoms with van der Waals surface area (Å²) in [5, 5.41) is 0. The Morgan fingerprint density at radius 2 is 1.58 bits per heavy atom. The fourth-order valence-electron chi connectivity index (χ4n) is 2.60. The molecule has 1 rings (SSSR count). The van der Waals surface area contributed by atoms with Gasteiger partial charge in [-0.25, -0.2) is 0 Å². The lowest BCUT2D eigenvalue weighted by Crippen LogP contribution is -2.22. The van der Waals surface area contributed by atoms with Gasteiger partial charge in [0, 0.05) is 19.3 Å². The molecule has 1 aromatic rings. The predicted molar refractivity (Wildman–Crippen MR) is 86.2 cm³/mol. The summed E-state index contributed by atoms with van der Waals surface area (Å²) in [6, 6.07) is 4.67. The Balaban J connectivity index is 2.97. The van der Waals surface area contributed by atoms with Crippen LogP contribution >= 0.6 is 0 Å². The predicted octanol–water partition coefficient (Wildman–Crippen LogP) is 3.78. The van der Waals surface area contributed by atoms with Crippen LogP contribution in [0.15, 0.2) is 12.1 Å². The van der Waals surface area contributed by atoms with Gasteiger partial charge in [0.15, 0.2) is 0 Å². The Kier molecular flexibility index (Phi) is 5.42. The highest BCUT2D eigenvalue weighted by Crippen LogP contribution is 2.31. The molecular formula is C17H30N2. The molecule has 0 amide bonds. The molecule has 2 nitrogen and oxygen atoms in total. The van der Waals surface area contributed by atoms with E-state index >= 15 is 0 Å². The summed E-state index contributed by atoms with van der Waals surface area (Å²) in [6.45, 7) is 13.1. The molecule has 0 aliphatic rings. The highest BCUT2D eigenvalue weighted by atomic mass is 15.1. The third kappa shape index (κ3) is 4.24. The molecule has 0 radical (unpaired) electrons. The first-order chi connectivity index (χ1) is 8.77. The van der Waals surface area contributed by atoms with Crippen molar-refractivity contribution in [3.63, 3.8) is 0 Å². The molecule has 0 saturated carbocycles. The Morgan fingerprint density at radius 3 is 2.00 bits per heavy atom. The van der Waals surface area contributed by atoms with Crippen molar-refractivity contribution >= 4 is 5.69 Å². The summed E-state index contributed by atoms with van der Waals surface area (Å²) < 4.78 is 0. The number of rotatable bonds is 5. The topological polar surface area (TPSA) is 29.3 Å². The van der Waals surface area contributed by atoms with Gasteiger partial charge in [0.1, 0.15) is 0 Å².